The third-order valence-electron chi connectivity index (χ3n) is 4.42. The Kier molecular flexibility index (Phi) is 6.46. The van der Waals surface area contributed by atoms with Crippen molar-refractivity contribution in [3.63, 3.8) is 0 Å². The Hall–Kier alpha value is -0.860. The van der Waals surface area contributed by atoms with Gasteiger partial charge in [-0.3, -0.25) is 0 Å². The third-order valence-corrected chi connectivity index (χ3v) is 6.18. The van der Waals surface area contributed by atoms with Gasteiger partial charge in [0.15, 0.2) is 9.84 Å². The van der Waals surface area contributed by atoms with Crippen molar-refractivity contribution in [3.05, 3.63) is 0 Å². The van der Waals surface area contributed by atoms with Crippen molar-refractivity contribution in [3.8, 4) is 0 Å². The summed E-state index contributed by atoms with van der Waals surface area (Å²) in [5.74, 6) is 0.254. The summed E-state index contributed by atoms with van der Waals surface area (Å²) in [5.41, 5.74) is 0. The molecule has 2 aliphatic rings. The van der Waals surface area contributed by atoms with E-state index in [0.717, 1.165) is 45.7 Å². The van der Waals surface area contributed by atoms with E-state index in [4.69, 9.17) is 0 Å². The molecule has 2 saturated heterocycles. The lowest BCUT2D eigenvalue weighted by Gasteiger charge is -2.33. The first-order valence-electron chi connectivity index (χ1n) is 8.18. The second-order valence-electron chi connectivity index (χ2n) is 6.13. The minimum atomic E-state index is -2.94. The van der Waals surface area contributed by atoms with Crippen molar-refractivity contribution < 1.29 is 13.2 Å². The van der Waals surface area contributed by atoms with Crippen LogP contribution in [-0.2, 0) is 9.84 Å². The molecule has 0 unspecified atom stereocenters. The predicted molar refractivity (Wildman–Crippen MR) is 86.8 cm³/mol. The van der Waals surface area contributed by atoms with Gasteiger partial charge in [0.1, 0.15) is 0 Å². The summed E-state index contributed by atoms with van der Waals surface area (Å²) < 4.78 is 22.6. The second-order valence-corrected chi connectivity index (χ2v) is 8.36. The molecule has 128 valence electrons. The number of piperazine rings is 1. The van der Waals surface area contributed by atoms with Gasteiger partial charge >= 0.3 is 6.03 Å². The van der Waals surface area contributed by atoms with Gasteiger partial charge in [0, 0.05) is 38.8 Å². The van der Waals surface area contributed by atoms with E-state index in [1.165, 1.54) is 0 Å². The fourth-order valence-corrected chi connectivity index (χ4v) is 4.65. The van der Waals surface area contributed by atoms with Crippen LogP contribution in [0, 0.1) is 0 Å². The average Bonchev–Trinajstić information content (AvgIpc) is 2.83. The molecule has 2 rings (SSSR count). The number of nitrogens with zero attached hydrogens (tertiary/aromatic N) is 2. The van der Waals surface area contributed by atoms with Gasteiger partial charge in [0.05, 0.1) is 11.5 Å². The van der Waals surface area contributed by atoms with Gasteiger partial charge in [-0.05, 0) is 25.9 Å². The van der Waals surface area contributed by atoms with E-state index < -0.39 is 9.84 Å². The van der Waals surface area contributed by atoms with Gasteiger partial charge in [-0.2, -0.15) is 0 Å². The lowest BCUT2D eigenvalue weighted by Crippen LogP contribution is -2.47. The van der Waals surface area contributed by atoms with Gasteiger partial charge in [-0.1, -0.05) is 6.92 Å². The quantitative estimate of drug-likeness (QED) is 0.641. The van der Waals surface area contributed by atoms with Crippen molar-refractivity contribution in [1.82, 2.24) is 20.4 Å². The molecule has 0 spiro atoms. The average molecular weight is 332 g/mol. The van der Waals surface area contributed by atoms with Gasteiger partial charge in [-0.25, -0.2) is 13.2 Å². The highest BCUT2D eigenvalue weighted by Crippen LogP contribution is 2.10. The largest absolute Gasteiger partial charge is 0.338 e. The fraction of sp³-hybridized carbons (Fsp3) is 0.929. The molecule has 0 aromatic carbocycles. The Bertz CT molecular complexity index is 461. The number of amides is 2. The van der Waals surface area contributed by atoms with Crippen molar-refractivity contribution in [1.29, 1.82) is 0 Å². The Morgan fingerprint density at radius 2 is 1.86 bits per heavy atom. The summed E-state index contributed by atoms with van der Waals surface area (Å²) in [5, 5.41) is 5.55. The fourth-order valence-electron chi connectivity index (χ4n) is 2.98. The molecule has 0 aliphatic carbocycles. The lowest BCUT2D eigenvalue weighted by molar-refractivity contribution is 0.136. The molecule has 7 nitrogen and oxygen atoms in total. The van der Waals surface area contributed by atoms with E-state index in [2.05, 4.69) is 27.4 Å². The summed E-state index contributed by atoms with van der Waals surface area (Å²) in [6, 6.07) is -0.481. The molecular formula is C14H28N4O3S. The number of rotatable bonds is 6. The molecule has 2 N–H and O–H groups in total. The van der Waals surface area contributed by atoms with Crippen LogP contribution in [0.1, 0.15) is 19.8 Å². The highest BCUT2D eigenvalue weighted by atomic mass is 32.2. The van der Waals surface area contributed by atoms with Gasteiger partial charge < -0.3 is 20.4 Å². The first kappa shape index (κ1) is 17.5. The van der Waals surface area contributed by atoms with Crippen LogP contribution < -0.4 is 10.6 Å². The van der Waals surface area contributed by atoms with E-state index in [9.17, 15) is 13.2 Å². The maximum atomic E-state index is 11.7. The number of sulfone groups is 1. The molecule has 1 atom stereocenters. The Labute approximate surface area is 133 Å². The number of carbonyl (C=O) groups excluding carboxylic acids is 1. The first-order chi connectivity index (χ1) is 10.5. The number of urea groups is 1. The maximum Gasteiger partial charge on any atom is 0.315 e. The lowest BCUT2D eigenvalue weighted by atomic mass is 10.3. The van der Waals surface area contributed by atoms with Crippen LogP contribution in [0.4, 0.5) is 4.79 Å². The molecule has 0 radical (unpaired) electrons. The highest BCUT2D eigenvalue weighted by Gasteiger charge is 2.28. The summed E-state index contributed by atoms with van der Waals surface area (Å²) in [4.78, 5) is 16.6. The highest BCUT2D eigenvalue weighted by molar-refractivity contribution is 7.91. The van der Waals surface area contributed by atoms with Crippen molar-refractivity contribution in [2.75, 3.05) is 57.3 Å². The van der Waals surface area contributed by atoms with Crippen LogP contribution >= 0.6 is 0 Å². The molecule has 0 bridgehead atoms. The number of hydrogen-bond acceptors (Lipinski definition) is 5. The second kappa shape index (κ2) is 8.12. The maximum absolute atomic E-state index is 11.7. The molecular weight excluding hydrogens is 304 g/mol. The van der Waals surface area contributed by atoms with Crippen LogP contribution in [-0.4, -0.2) is 87.6 Å². The van der Waals surface area contributed by atoms with Gasteiger partial charge in [-0.15, -0.1) is 0 Å². The van der Waals surface area contributed by atoms with Gasteiger partial charge in [0.25, 0.3) is 0 Å². The predicted octanol–water partition coefficient (Wildman–Crippen LogP) is -0.500. The number of hydrogen-bond donors (Lipinski definition) is 2. The van der Waals surface area contributed by atoms with Crippen LogP contribution in [0.15, 0.2) is 0 Å². The molecule has 22 heavy (non-hydrogen) atoms. The topological polar surface area (TPSA) is 81.8 Å². The molecule has 2 aliphatic heterocycles. The normalized spacial score (nSPS) is 26.0. The number of nitrogens with one attached hydrogen (secondary N) is 2. The Balaban J connectivity index is 1.53. The SMILES string of the molecule is CCN1CCN(CCCNC(=O)N[C@@H]2CCS(=O)(=O)C2)CC1. The standard InChI is InChI=1S/C14H28N4O3S/c1-2-17-7-9-18(10-8-17)6-3-5-15-14(19)16-13-4-11-22(20,21)12-13/h13H,2-12H2,1H3,(H2,15,16,19)/t13-/m1/s1. The molecule has 2 amide bonds. The minimum absolute atomic E-state index is 0.0716. The van der Waals surface area contributed by atoms with E-state index in [0.29, 0.717) is 13.0 Å². The van der Waals surface area contributed by atoms with E-state index in [1.54, 1.807) is 0 Å². The van der Waals surface area contributed by atoms with E-state index >= 15 is 0 Å². The summed E-state index contributed by atoms with van der Waals surface area (Å²) in [6.45, 7) is 9.37. The van der Waals surface area contributed by atoms with Crippen molar-refractivity contribution in [2.45, 2.75) is 25.8 Å². The number of carbonyl (C=O) groups is 1. The summed E-state index contributed by atoms with van der Waals surface area (Å²) in [6.07, 6.45) is 1.44. The summed E-state index contributed by atoms with van der Waals surface area (Å²) in [7, 11) is -2.94. The zero-order valence-corrected chi connectivity index (χ0v) is 14.2. The monoisotopic (exact) mass is 332 g/mol. The zero-order valence-electron chi connectivity index (χ0n) is 13.4. The molecule has 0 saturated carbocycles. The molecule has 0 aromatic heterocycles. The zero-order chi connectivity index (χ0) is 16.0. The van der Waals surface area contributed by atoms with Crippen LogP contribution in [0.2, 0.25) is 0 Å². The Morgan fingerprint density at radius 1 is 1.18 bits per heavy atom. The van der Waals surface area contributed by atoms with Crippen LogP contribution in [0.5, 0.6) is 0 Å². The summed E-state index contributed by atoms with van der Waals surface area (Å²) >= 11 is 0. The number of likely N-dealkylation sites (N-methyl/N-ethyl adjacent to an activating group) is 1. The van der Waals surface area contributed by atoms with Crippen molar-refractivity contribution in [2.24, 2.45) is 0 Å². The molecule has 2 fully saturated rings. The van der Waals surface area contributed by atoms with Crippen molar-refractivity contribution >= 4 is 15.9 Å². The third kappa shape index (κ3) is 5.73. The van der Waals surface area contributed by atoms with E-state index in [1.807, 2.05) is 0 Å². The van der Waals surface area contributed by atoms with Crippen LogP contribution in [0.25, 0.3) is 0 Å². The first-order valence-corrected chi connectivity index (χ1v) is 10.00. The molecule has 2 heterocycles. The van der Waals surface area contributed by atoms with E-state index in [-0.39, 0.29) is 23.6 Å². The van der Waals surface area contributed by atoms with Crippen LogP contribution in [0.3, 0.4) is 0 Å². The Morgan fingerprint density at radius 3 is 2.45 bits per heavy atom. The van der Waals surface area contributed by atoms with Gasteiger partial charge in [0.2, 0.25) is 0 Å². The molecule has 8 heteroatoms. The smallest absolute Gasteiger partial charge is 0.315 e. The minimum Gasteiger partial charge on any atom is -0.338 e. The molecule has 0 aromatic rings.